The maximum atomic E-state index is 13.2. The lowest BCUT2D eigenvalue weighted by Gasteiger charge is -2.34. The number of aryl methyl sites for hydroxylation is 1. The van der Waals surface area contributed by atoms with Gasteiger partial charge in [0.2, 0.25) is 0 Å². The summed E-state index contributed by atoms with van der Waals surface area (Å²) < 4.78 is 7.26. The van der Waals surface area contributed by atoms with Gasteiger partial charge in [0, 0.05) is 17.8 Å². The van der Waals surface area contributed by atoms with E-state index in [0.29, 0.717) is 25.1 Å². The number of hydrogen-bond acceptors (Lipinski definition) is 4. The summed E-state index contributed by atoms with van der Waals surface area (Å²) in [6.07, 6.45) is 2.47. The summed E-state index contributed by atoms with van der Waals surface area (Å²) >= 11 is 0. The maximum Gasteiger partial charge on any atom is 0.328 e. The van der Waals surface area contributed by atoms with Crippen molar-refractivity contribution in [2.24, 2.45) is 0 Å². The van der Waals surface area contributed by atoms with Gasteiger partial charge >= 0.3 is 5.97 Å². The highest BCUT2D eigenvalue weighted by molar-refractivity contribution is 5.99. The van der Waals surface area contributed by atoms with Crippen molar-refractivity contribution in [2.45, 2.75) is 39.2 Å². The highest BCUT2D eigenvalue weighted by Crippen LogP contribution is 2.25. The number of amides is 1. The molecule has 0 spiro atoms. The predicted octanol–water partition coefficient (Wildman–Crippen LogP) is 3.89. The summed E-state index contributed by atoms with van der Waals surface area (Å²) in [7, 11) is 0. The molecule has 150 valence electrons. The van der Waals surface area contributed by atoms with Gasteiger partial charge in [-0.3, -0.25) is 9.36 Å². The Morgan fingerprint density at radius 1 is 1.14 bits per heavy atom. The summed E-state index contributed by atoms with van der Waals surface area (Å²) in [5, 5.41) is 0. The minimum atomic E-state index is -0.504. The molecule has 0 bridgehead atoms. The summed E-state index contributed by atoms with van der Waals surface area (Å²) in [5.41, 5.74) is 3.30. The lowest BCUT2D eigenvalue weighted by atomic mass is 10.0. The van der Waals surface area contributed by atoms with Crippen molar-refractivity contribution in [1.82, 2.24) is 14.5 Å². The van der Waals surface area contributed by atoms with Crippen LogP contribution in [-0.2, 0) is 9.53 Å². The van der Waals surface area contributed by atoms with E-state index in [4.69, 9.17) is 4.74 Å². The topological polar surface area (TPSA) is 64.4 Å². The fraction of sp³-hybridized carbons (Fsp3) is 0.348. The minimum absolute atomic E-state index is 0.142. The van der Waals surface area contributed by atoms with E-state index in [9.17, 15) is 9.59 Å². The van der Waals surface area contributed by atoms with Crippen LogP contribution in [0.5, 0.6) is 0 Å². The summed E-state index contributed by atoms with van der Waals surface area (Å²) in [4.78, 5) is 31.9. The molecule has 1 aromatic heterocycles. The van der Waals surface area contributed by atoms with Gasteiger partial charge in [-0.25, -0.2) is 9.78 Å². The van der Waals surface area contributed by atoms with Crippen LogP contribution in [0.1, 0.15) is 42.4 Å². The van der Waals surface area contributed by atoms with Gasteiger partial charge in [0.1, 0.15) is 11.9 Å². The fourth-order valence-corrected chi connectivity index (χ4v) is 4.06. The molecule has 1 aliphatic heterocycles. The molecular formula is C23H25N3O3. The molecule has 2 aromatic carbocycles. The van der Waals surface area contributed by atoms with E-state index in [-0.39, 0.29) is 11.9 Å². The highest BCUT2D eigenvalue weighted by Gasteiger charge is 2.33. The largest absolute Gasteiger partial charge is 0.464 e. The average molecular weight is 391 g/mol. The molecule has 6 heteroatoms. The Morgan fingerprint density at radius 2 is 1.93 bits per heavy atom. The molecule has 29 heavy (non-hydrogen) atoms. The molecule has 0 N–H and O–H groups in total. The normalized spacial score (nSPS) is 16.8. The Balaban J connectivity index is 1.67. The minimum Gasteiger partial charge on any atom is -0.464 e. The zero-order valence-corrected chi connectivity index (χ0v) is 16.8. The summed E-state index contributed by atoms with van der Waals surface area (Å²) in [6, 6.07) is 15.1. The number of aromatic nitrogens is 2. The van der Waals surface area contributed by atoms with E-state index in [1.807, 2.05) is 55.5 Å². The predicted molar refractivity (Wildman–Crippen MR) is 111 cm³/mol. The number of imidazole rings is 1. The Labute approximate surface area is 170 Å². The van der Waals surface area contributed by atoms with Crippen molar-refractivity contribution in [3.63, 3.8) is 0 Å². The first-order valence-corrected chi connectivity index (χ1v) is 10.1. The number of carbonyl (C=O) groups is 2. The fourth-order valence-electron chi connectivity index (χ4n) is 4.06. The van der Waals surface area contributed by atoms with Crippen LogP contribution in [0.15, 0.2) is 48.5 Å². The number of fused-ring (bicyclic) bond motifs is 1. The van der Waals surface area contributed by atoms with Crippen LogP contribution >= 0.6 is 0 Å². The van der Waals surface area contributed by atoms with Crippen LogP contribution in [-0.4, -0.2) is 45.5 Å². The number of piperidine rings is 1. The Morgan fingerprint density at radius 3 is 2.69 bits per heavy atom. The number of ether oxygens (including phenoxy) is 1. The first-order chi connectivity index (χ1) is 14.1. The van der Waals surface area contributed by atoms with Crippen LogP contribution in [0.3, 0.4) is 0 Å². The molecule has 1 amide bonds. The van der Waals surface area contributed by atoms with Gasteiger partial charge in [-0.2, -0.15) is 0 Å². The number of esters is 1. The molecule has 0 radical (unpaired) electrons. The number of carbonyl (C=O) groups excluding carboxylic acids is 2. The average Bonchev–Trinajstić information content (AvgIpc) is 3.08. The van der Waals surface area contributed by atoms with Crippen molar-refractivity contribution in [3.8, 4) is 5.69 Å². The van der Waals surface area contributed by atoms with E-state index in [0.717, 1.165) is 35.4 Å². The van der Waals surface area contributed by atoms with Crippen molar-refractivity contribution >= 4 is 22.9 Å². The third kappa shape index (κ3) is 3.62. The summed E-state index contributed by atoms with van der Waals surface area (Å²) in [5.74, 6) is 0.403. The van der Waals surface area contributed by atoms with E-state index < -0.39 is 6.04 Å². The monoisotopic (exact) mass is 391 g/mol. The third-order valence-electron chi connectivity index (χ3n) is 5.41. The summed E-state index contributed by atoms with van der Waals surface area (Å²) in [6.45, 7) is 4.62. The molecule has 2 heterocycles. The first kappa shape index (κ1) is 19.2. The molecule has 1 unspecified atom stereocenters. The lowest BCUT2D eigenvalue weighted by molar-refractivity contribution is -0.149. The molecule has 4 rings (SSSR count). The number of nitrogens with zero attached hydrogens (tertiary/aromatic N) is 3. The first-order valence-electron chi connectivity index (χ1n) is 10.1. The standard InChI is InChI=1S/C23H25N3O3/c1-3-29-23(28)21-11-7-8-14-25(21)22(27)17-12-13-20-19(15-17)24-16(2)26(20)18-9-5-4-6-10-18/h4-6,9-10,12-13,15,21H,3,7-8,11,14H2,1-2H3. The molecule has 0 saturated carbocycles. The number of hydrogen-bond donors (Lipinski definition) is 0. The molecule has 3 aromatic rings. The van der Waals surface area contributed by atoms with Gasteiger partial charge in [-0.15, -0.1) is 0 Å². The number of rotatable bonds is 4. The van der Waals surface area contributed by atoms with Crippen LogP contribution in [0, 0.1) is 6.92 Å². The number of likely N-dealkylation sites (tertiary alicyclic amines) is 1. The van der Waals surface area contributed by atoms with Crippen molar-refractivity contribution in [1.29, 1.82) is 0 Å². The Hall–Kier alpha value is -3.15. The molecule has 1 saturated heterocycles. The van der Waals surface area contributed by atoms with Crippen molar-refractivity contribution < 1.29 is 14.3 Å². The van der Waals surface area contributed by atoms with Gasteiger partial charge in [-0.1, -0.05) is 18.2 Å². The van der Waals surface area contributed by atoms with Crippen LogP contribution in [0.2, 0.25) is 0 Å². The third-order valence-corrected chi connectivity index (χ3v) is 5.41. The second kappa shape index (κ2) is 8.07. The van der Waals surface area contributed by atoms with Crippen molar-refractivity contribution in [3.05, 3.63) is 59.9 Å². The Kier molecular flexibility index (Phi) is 5.34. The highest BCUT2D eigenvalue weighted by atomic mass is 16.5. The van der Waals surface area contributed by atoms with Gasteiger partial charge in [0.05, 0.1) is 17.6 Å². The molecule has 0 aliphatic carbocycles. The smallest absolute Gasteiger partial charge is 0.328 e. The van der Waals surface area contributed by atoms with Gasteiger partial charge in [-0.05, 0) is 63.4 Å². The van der Waals surface area contributed by atoms with E-state index in [1.54, 1.807) is 11.8 Å². The molecule has 6 nitrogen and oxygen atoms in total. The SMILES string of the molecule is CCOC(=O)C1CCCCN1C(=O)c1ccc2c(c1)nc(C)n2-c1ccccc1. The number of benzene rings is 2. The van der Waals surface area contributed by atoms with Gasteiger partial charge < -0.3 is 9.64 Å². The zero-order chi connectivity index (χ0) is 20.4. The lowest BCUT2D eigenvalue weighted by Crippen LogP contribution is -2.48. The van der Waals surface area contributed by atoms with Crippen molar-refractivity contribution in [2.75, 3.05) is 13.2 Å². The molecular weight excluding hydrogens is 366 g/mol. The maximum absolute atomic E-state index is 13.2. The molecule has 1 aliphatic rings. The Bertz CT molecular complexity index is 1040. The zero-order valence-electron chi connectivity index (χ0n) is 16.8. The van der Waals surface area contributed by atoms with Crippen LogP contribution in [0.4, 0.5) is 0 Å². The van der Waals surface area contributed by atoms with Gasteiger partial charge in [0.15, 0.2) is 0 Å². The van der Waals surface area contributed by atoms with Crippen LogP contribution < -0.4 is 0 Å². The van der Waals surface area contributed by atoms with E-state index in [1.165, 1.54) is 0 Å². The second-order valence-corrected chi connectivity index (χ2v) is 7.30. The van der Waals surface area contributed by atoms with Gasteiger partial charge in [0.25, 0.3) is 5.91 Å². The van der Waals surface area contributed by atoms with Crippen LogP contribution in [0.25, 0.3) is 16.7 Å². The van der Waals surface area contributed by atoms with E-state index in [2.05, 4.69) is 9.55 Å². The molecule has 1 atom stereocenters. The quantitative estimate of drug-likeness (QED) is 0.633. The number of para-hydroxylation sites is 1. The second-order valence-electron chi connectivity index (χ2n) is 7.30. The van der Waals surface area contributed by atoms with E-state index >= 15 is 0 Å². The molecule has 1 fully saturated rings.